The Bertz CT molecular complexity index is 248. The predicted molar refractivity (Wildman–Crippen MR) is 54.0 cm³/mol. The van der Waals surface area contributed by atoms with Crippen LogP contribution in [0.15, 0.2) is 18.2 Å². The number of aromatic nitrogens is 1. The molecule has 0 aliphatic heterocycles. The van der Waals surface area contributed by atoms with Gasteiger partial charge in [0.2, 0.25) is 5.88 Å². The second-order valence-corrected chi connectivity index (χ2v) is 3.17. The minimum absolute atomic E-state index is 0.746. The van der Waals surface area contributed by atoms with Crippen molar-refractivity contribution in [1.29, 1.82) is 0 Å². The average molecular weight is 179 g/mol. The predicted octanol–water partition coefficient (Wildman–Crippen LogP) is 2.96. The van der Waals surface area contributed by atoms with Crippen LogP contribution >= 0.6 is 0 Å². The lowest BCUT2D eigenvalue weighted by Crippen LogP contribution is -1.99. The number of ether oxygens (including phenoxy) is 1. The molecule has 0 aliphatic rings. The van der Waals surface area contributed by atoms with E-state index < -0.39 is 0 Å². The number of aryl methyl sites for hydroxylation is 1. The molecular formula is C11H17NO. The van der Waals surface area contributed by atoms with E-state index in [0.29, 0.717) is 0 Å². The third-order valence-electron chi connectivity index (χ3n) is 1.86. The van der Waals surface area contributed by atoms with Crippen LogP contribution in [0.25, 0.3) is 0 Å². The first-order chi connectivity index (χ1) is 6.33. The molecule has 0 saturated carbocycles. The molecule has 0 fully saturated rings. The van der Waals surface area contributed by atoms with E-state index in [1.165, 1.54) is 12.8 Å². The summed E-state index contributed by atoms with van der Waals surface area (Å²) in [6.45, 7) is 4.94. The Labute approximate surface area is 80.0 Å². The Morgan fingerprint density at radius 1 is 1.31 bits per heavy atom. The summed E-state index contributed by atoms with van der Waals surface area (Å²) < 4.78 is 5.48. The Balaban J connectivity index is 2.28. The highest BCUT2D eigenvalue weighted by Crippen LogP contribution is 2.07. The van der Waals surface area contributed by atoms with Gasteiger partial charge in [-0.05, 0) is 19.4 Å². The lowest BCUT2D eigenvalue weighted by molar-refractivity contribution is 0.294. The molecule has 2 nitrogen and oxygen atoms in total. The Morgan fingerprint density at radius 3 is 2.85 bits per heavy atom. The van der Waals surface area contributed by atoms with E-state index in [9.17, 15) is 0 Å². The van der Waals surface area contributed by atoms with E-state index in [1.807, 2.05) is 25.1 Å². The van der Waals surface area contributed by atoms with Crippen LogP contribution in [0.4, 0.5) is 0 Å². The minimum Gasteiger partial charge on any atom is -0.478 e. The third-order valence-corrected chi connectivity index (χ3v) is 1.86. The van der Waals surface area contributed by atoms with Crippen LogP contribution < -0.4 is 4.74 Å². The molecule has 1 aromatic rings. The fraction of sp³-hybridized carbons (Fsp3) is 0.545. The molecule has 1 rings (SSSR count). The summed E-state index contributed by atoms with van der Waals surface area (Å²) in [5.74, 6) is 0.746. The van der Waals surface area contributed by atoms with E-state index in [1.54, 1.807) is 0 Å². The number of unbranched alkanes of at least 4 members (excludes halogenated alkanes) is 2. The maximum Gasteiger partial charge on any atom is 0.213 e. The van der Waals surface area contributed by atoms with Crippen molar-refractivity contribution in [3.8, 4) is 5.88 Å². The van der Waals surface area contributed by atoms with E-state index in [4.69, 9.17) is 4.74 Å². The van der Waals surface area contributed by atoms with Crippen LogP contribution in [0, 0.1) is 6.92 Å². The second kappa shape index (κ2) is 5.57. The molecular weight excluding hydrogens is 162 g/mol. The van der Waals surface area contributed by atoms with Gasteiger partial charge in [0.05, 0.1) is 6.61 Å². The minimum atomic E-state index is 0.746. The summed E-state index contributed by atoms with van der Waals surface area (Å²) in [6, 6.07) is 5.84. The van der Waals surface area contributed by atoms with Gasteiger partial charge in [-0.2, -0.15) is 0 Å². The number of hydrogen-bond donors (Lipinski definition) is 0. The highest BCUT2D eigenvalue weighted by atomic mass is 16.5. The van der Waals surface area contributed by atoms with Crippen molar-refractivity contribution in [3.05, 3.63) is 23.9 Å². The standard InChI is InChI=1S/C11H17NO/c1-3-4-5-9-13-11-8-6-7-10(2)12-11/h6-8H,3-5,9H2,1-2H3. The number of rotatable bonds is 5. The normalized spacial score (nSPS) is 10.0. The zero-order valence-corrected chi connectivity index (χ0v) is 8.42. The van der Waals surface area contributed by atoms with Crippen molar-refractivity contribution in [2.24, 2.45) is 0 Å². The summed E-state index contributed by atoms with van der Waals surface area (Å²) in [6.07, 6.45) is 3.57. The topological polar surface area (TPSA) is 22.1 Å². The second-order valence-electron chi connectivity index (χ2n) is 3.17. The summed E-state index contributed by atoms with van der Waals surface area (Å²) in [5, 5.41) is 0. The van der Waals surface area contributed by atoms with Crippen LogP contribution in [0.3, 0.4) is 0 Å². The van der Waals surface area contributed by atoms with Gasteiger partial charge in [-0.15, -0.1) is 0 Å². The first-order valence-electron chi connectivity index (χ1n) is 4.89. The Morgan fingerprint density at radius 2 is 2.15 bits per heavy atom. The first-order valence-corrected chi connectivity index (χ1v) is 4.89. The summed E-state index contributed by atoms with van der Waals surface area (Å²) in [5.41, 5.74) is 1.01. The van der Waals surface area contributed by atoms with Crippen molar-refractivity contribution >= 4 is 0 Å². The molecule has 0 aliphatic carbocycles. The van der Waals surface area contributed by atoms with Crippen LogP contribution in [0.2, 0.25) is 0 Å². The molecule has 2 heteroatoms. The molecule has 0 saturated heterocycles. The lowest BCUT2D eigenvalue weighted by atomic mass is 10.3. The van der Waals surface area contributed by atoms with Crippen molar-refractivity contribution in [2.75, 3.05) is 6.61 Å². The SMILES string of the molecule is CCCCCOc1cccc(C)n1. The molecule has 0 radical (unpaired) electrons. The zero-order chi connectivity index (χ0) is 9.52. The molecule has 0 amide bonds. The molecule has 0 unspecified atom stereocenters. The fourth-order valence-corrected chi connectivity index (χ4v) is 1.13. The smallest absolute Gasteiger partial charge is 0.213 e. The largest absolute Gasteiger partial charge is 0.478 e. The fourth-order valence-electron chi connectivity index (χ4n) is 1.13. The van der Waals surface area contributed by atoms with E-state index in [0.717, 1.165) is 24.6 Å². The van der Waals surface area contributed by atoms with Gasteiger partial charge in [-0.3, -0.25) is 0 Å². The number of pyridine rings is 1. The number of nitrogens with zero attached hydrogens (tertiary/aromatic N) is 1. The highest BCUT2D eigenvalue weighted by molar-refractivity contribution is 5.14. The van der Waals surface area contributed by atoms with Crippen LogP contribution in [-0.2, 0) is 0 Å². The highest BCUT2D eigenvalue weighted by Gasteiger charge is 1.94. The molecule has 1 heterocycles. The van der Waals surface area contributed by atoms with Crippen molar-refractivity contribution in [3.63, 3.8) is 0 Å². The summed E-state index contributed by atoms with van der Waals surface area (Å²) in [4.78, 5) is 4.25. The van der Waals surface area contributed by atoms with Crippen LogP contribution in [0.1, 0.15) is 31.9 Å². The quantitative estimate of drug-likeness (QED) is 0.648. The number of hydrogen-bond acceptors (Lipinski definition) is 2. The average Bonchev–Trinajstić information content (AvgIpc) is 2.13. The van der Waals surface area contributed by atoms with Gasteiger partial charge in [0.1, 0.15) is 0 Å². The molecule has 72 valence electrons. The van der Waals surface area contributed by atoms with E-state index in [2.05, 4.69) is 11.9 Å². The molecule has 0 aromatic carbocycles. The van der Waals surface area contributed by atoms with Gasteiger partial charge >= 0.3 is 0 Å². The van der Waals surface area contributed by atoms with Gasteiger partial charge in [0.25, 0.3) is 0 Å². The van der Waals surface area contributed by atoms with Gasteiger partial charge < -0.3 is 4.74 Å². The van der Waals surface area contributed by atoms with Crippen molar-refractivity contribution in [1.82, 2.24) is 4.98 Å². The molecule has 0 spiro atoms. The summed E-state index contributed by atoms with van der Waals surface area (Å²) in [7, 11) is 0. The maximum absolute atomic E-state index is 5.48. The van der Waals surface area contributed by atoms with Crippen molar-refractivity contribution < 1.29 is 4.74 Å². The summed E-state index contributed by atoms with van der Waals surface area (Å²) >= 11 is 0. The third kappa shape index (κ3) is 3.92. The van der Waals surface area contributed by atoms with E-state index in [-0.39, 0.29) is 0 Å². The van der Waals surface area contributed by atoms with E-state index >= 15 is 0 Å². The van der Waals surface area contributed by atoms with Crippen molar-refractivity contribution in [2.45, 2.75) is 33.1 Å². The first kappa shape index (κ1) is 10.0. The lowest BCUT2D eigenvalue weighted by Gasteiger charge is -2.04. The molecule has 1 aromatic heterocycles. The Hall–Kier alpha value is -1.05. The van der Waals surface area contributed by atoms with Gasteiger partial charge in [0.15, 0.2) is 0 Å². The zero-order valence-electron chi connectivity index (χ0n) is 8.42. The molecule has 0 atom stereocenters. The van der Waals surface area contributed by atoms with Crippen LogP contribution in [0.5, 0.6) is 5.88 Å². The van der Waals surface area contributed by atoms with Gasteiger partial charge in [-0.25, -0.2) is 4.98 Å². The maximum atomic E-state index is 5.48. The molecule has 13 heavy (non-hydrogen) atoms. The van der Waals surface area contributed by atoms with Gasteiger partial charge in [0, 0.05) is 11.8 Å². The van der Waals surface area contributed by atoms with Crippen LogP contribution in [-0.4, -0.2) is 11.6 Å². The molecule has 0 bridgehead atoms. The van der Waals surface area contributed by atoms with Gasteiger partial charge in [-0.1, -0.05) is 25.8 Å². The molecule has 0 N–H and O–H groups in total. The Kier molecular flexibility index (Phi) is 4.30. The monoisotopic (exact) mass is 179 g/mol.